The normalized spacial score (nSPS) is 18.2. The van der Waals surface area contributed by atoms with Crippen LogP contribution in [0.4, 0.5) is 0 Å². The van der Waals surface area contributed by atoms with E-state index in [1.54, 1.807) is 0 Å². The SMILES string of the molecule is CC(=O)SCC(=Cc1cc(C(=O)O)ccc1C(=O)O)B1OC(C)(C)C(C)(C)O1. The maximum atomic E-state index is 11.6. The van der Waals surface area contributed by atoms with Crippen molar-refractivity contribution < 1.29 is 33.9 Å². The topological polar surface area (TPSA) is 110 Å². The predicted molar refractivity (Wildman–Crippen MR) is 108 cm³/mol. The number of thioether (sulfide) groups is 1. The van der Waals surface area contributed by atoms with E-state index in [9.17, 15) is 24.6 Å². The number of rotatable bonds is 6. The Morgan fingerprint density at radius 3 is 2.11 bits per heavy atom. The van der Waals surface area contributed by atoms with Crippen molar-refractivity contribution in [2.45, 2.75) is 45.8 Å². The standard InChI is InChI=1S/C19H23BO7S/c1-11(21)28-10-14(20-26-18(2,3)19(4,5)27-20)9-13-8-12(16(22)23)6-7-15(13)17(24)25/h6-9H,10H2,1-5H3,(H,22,23)(H,24,25). The summed E-state index contributed by atoms with van der Waals surface area (Å²) in [5.41, 5.74) is -0.562. The predicted octanol–water partition coefficient (Wildman–Crippen LogP) is 3.38. The molecule has 0 bridgehead atoms. The maximum absolute atomic E-state index is 11.6. The minimum Gasteiger partial charge on any atom is -0.478 e. The molecule has 1 saturated heterocycles. The van der Waals surface area contributed by atoms with Crippen LogP contribution in [0.5, 0.6) is 0 Å². The van der Waals surface area contributed by atoms with Gasteiger partial charge in [0.2, 0.25) is 0 Å². The Bertz CT molecular complexity index is 829. The zero-order valence-electron chi connectivity index (χ0n) is 16.4. The van der Waals surface area contributed by atoms with E-state index in [0.717, 1.165) is 11.8 Å². The summed E-state index contributed by atoms with van der Waals surface area (Å²) in [6.45, 7) is 8.97. The quantitative estimate of drug-likeness (QED) is 0.692. The fourth-order valence-electron chi connectivity index (χ4n) is 2.57. The molecule has 0 amide bonds. The molecular formula is C19H23BO7S. The Balaban J connectivity index is 2.53. The Labute approximate surface area is 168 Å². The van der Waals surface area contributed by atoms with Crippen molar-refractivity contribution >= 4 is 42.0 Å². The molecule has 7 nitrogen and oxygen atoms in total. The van der Waals surface area contributed by atoms with Crippen LogP contribution in [0.3, 0.4) is 0 Å². The van der Waals surface area contributed by atoms with Crippen molar-refractivity contribution in [2.24, 2.45) is 0 Å². The van der Waals surface area contributed by atoms with Gasteiger partial charge in [0.25, 0.3) is 0 Å². The van der Waals surface area contributed by atoms with Gasteiger partial charge in [0.1, 0.15) is 0 Å². The van der Waals surface area contributed by atoms with Crippen LogP contribution in [0.1, 0.15) is 60.9 Å². The second-order valence-electron chi connectivity index (χ2n) is 7.50. The van der Waals surface area contributed by atoms with E-state index < -0.39 is 30.3 Å². The molecular weight excluding hydrogens is 383 g/mol. The first kappa shape index (κ1) is 22.2. The van der Waals surface area contributed by atoms with Gasteiger partial charge in [-0.2, -0.15) is 0 Å². The summed E-state index contributed by atoms with van der Waals surface area (Å²) in [7, 11) is -0.785. The number of carboxylic acids is 2. The van der Waals surface area contributed by atoms with Gasteiger partial charge < -0.3 is 19.5 Å². The number of hydrogen-bond donors (Lipinski definition) is 2. The van der Waals surface area contributed by atoms with Gasteiger partial charge in [-0.1, -0.05) is 17.8 Å². The maximum Gasteiger partial charge on any atom is 0.491 e. The minimum atomic E-state index is -1.18. The van der Waals surface area contributed by atoms with E-state index in [1.807, 2.05) is 27.7 Å². The van der Waals surface area contributed by atoms with Crippen LogP contribution in [-0.2, 0) is 14.1 Å². The molecule has 2 rings (SSSR count). The molecule has 28 heavy (non-hydrogen) atoms. The first-order chi connectivity index (χ1) is 12.8. The number of carbonyl (C=O) groups is 3. The summed E-state index contributed by atoms with van der Waals surface area (Å²) < 4.78 is 12.1. The molecule has 0 aromatic heterocycles. The molecule has 1 aliphatic rings. The first-order valence-electron chi connectivity index (χ1n) is 8.64. The van der Waals surface area contributed by atoms with Crippen molar-refractivity contribution in [2.75, 3.05) is 5.75 Å². The molecule has 9 heteroatoms. The Hall–Kier alpha value is -2.10. The monoisotopic (exact) mass is 406 g/mol. The van der Waals surface area contributed by atoms with Crippen molar-refractivity contribution in [3.05, 3.63) is 40.4 Å². The summed E-state index contributed by atoms with van der Waals surface area (Å²) in [4.78, 5) is 34.3. The largest absolute Gasteiger partial charge is 0.491 e. The van der Waals surface area contributed by atoms with Crippen molar-refractivity contribution in [1.82, 2.24) is 0 Å². The Kier molecular flexibility index (Phi) is 6.42. The van der Waals surface area contributed by atoms with Crippen LogP contribution >= 0.6 is 11.8 Å². The van der Waals surface area contributed by atoms with Crippen LogP contribution in [0, 0.1) is 0 Å². The minimum absolute atomic E-state index is 0.0382. The molecule has 0 radical (unpaired) electrons. The van der Waals surface area contributed by atoms with Crippen LogP contribution < -0.4 is 0 Å². The van der Waals surface area contributed by atoms with Gasteiger partial charge in [-0.05, 0) is 56.9 Å². The fourth-order valence-corrected chi connectivity index (χ4v) is 3.16. The Morgan fingerprint density at radius 2 is 1.64 bits per heavy atom. The number of benzene rings is 1. The third-order valence-electron chi connectivity index (χ3n) is 4.87. The zero-order chi connectivity index (χ0) is 21.3. The van der Waals surface area contributed by atoms with Crippen molar-refractivity contribution in [1.29, 1.82) is 0 Å². The van der Waals surface area contributed by atoms with Gasteiger partial charge in [0, 0.05) is 12.7 Å². The molecule has 0 spiro atoms. The summed E-state index contributed by atoms with van der Waals surface area (Å²) >= 11 is 1.04. The highest BCUT2D eigenvalue weighted by Crippen LogP contribution is 2.39. The lowest BCUT2D eigenvalue weighted by atomic mass is 9.78. The molecule has 0 saturated carbocycles. The van der Waals surface area contributed by atoms with Crippen LogP contribution in [0.2, 0.25) is 0 Å². The summed E-state index contributed by atoms with van der Waals surface area (Å²) in [5.74, 6) is -2.12. The highest BCUT2D eigenvalue weighted by molar-refractivity contribution is 8.13. The summed E-state index contributed by atoms with van der Waals surface area (Å²) in [5, 5.41) is 18.6. The molecule has 0 unspecified atom stereocenters. The number of carbonyl (C=O) groups excluding carboxylic acids is 1. The molecule has 150 valence electrons. The third kappa shape index (κ3) is 4.84. The Morgan fingerprint density at radius 1 is 1.07 bits per heavy atom. The van der Waals surface area contributed by atoms with Crippen LogP contribution in [-0.4, -0.2) is 51.3 Å². The summed E-state index contributed by atoms with van der Waals surface area (Å²) in [6.07, 6.45) is 1.54. The van der Waals surface area contributed by atoms with Gasteiger partial charge in [0.05, 0.1) is 22.3 Å². The van der Waals surface area contributed by atoms with Gasteiger partial charge in [-0.15, -0.1) is 0 Å². The number of carboxylic acid groups (broad SMARTS) is 2. The first-order valence-corrected chi connectivity index (χ1v) is 9.63. The number of aromatic carboxylic acids is 2. The fraction of sp³-hybridized carbons (Fsp3) is 0.421. The van der Waals surface area contributed by atoms with E-state index in [4.69, 9.17) is 9.31 Å². The average molecular weight is 406 g/mol. The highest BCUT2D eigenvalue weighted by Gasteiger charge is 2.52. The zero-order valence-corrected chi connectivity index (χ0v) is 17.3. The average Bonchev–Trinajstić information content (AvgIpc) is 2.78. The highest BCUT2D eigenvalue weighted by atomic mass is 32.2. The third-order valence-corrected chi connectivity index (χ3v) is 5.75. The molecule has 1 aliphatic heterocycles. The van der Waals surface area contributed by atoms with Crippen molar-refractivity contribution in [3.63, 3.8) is 0 Å². The number of hydrogen-bond acceptors (Lipinski definition) is 6. The second-order valence-corrected chi connectivity index (χ2v) is 8.65. The molecule has 0 atom stereocenters. The van der Waals surface area contributed by atoms with E-state index in [-0.39, 0.29) is 27.6 Å². The van der Waals surface area contributed by atoms with Gasteiger partial charge in [0.15, 0.2) is 5.12 Å². The summed E-state index contributed by atoms with van der Waals surface area (Å²) in [6, 6.07) is 3.77. The molecule has 1 aromatic rings. The molecule has 0 aliphatic carbocycles. The second kappa shape index (κ2) is 8.10. The van der Waals surface area contributed by atoms with Crippen molar-refractivity contribution in [3.8, 4) is 0 Å². The van der Waals surface area contributed by atoms with Gasteiger partial charge in [-0.25, -0.2) is 9.59 Å². The lowest BCUT2D eigenvalue weighted by molar-refractivity contribution is -0.109. The molecule has 1 aromatic carbocycles. The van der Waals surface area contributed by atoms with Crippen LogP contribution in [0.25, 0.3) is 6.08 Å². The van der Waals surface area contributed by atoms with Crippen LogP contribution in [0.15, 0.2) is 23.7 Å². The van der Waals surface area contributed by atoms with E-state index >= 15 is 0 Å². The molecule has 1 fully saturated rings. The van der Waals surface area contributed by atoms with Gasteiger partial charge >= 0.3 is 19.1 Å². The van der Waals surface area contributed by atoms with E-state index in [1.165, 1.54) is 31.2 Å². The van der Waals surface area contributed by atoms with E-state index in [2.05, 4.69) is 0 Å². The lowest BCUT2D eigenvalue weighted by Gasteiger charge is -2.32. The van der Waals surface area contributed by atoms with E-state index in [0.29, 0.717) is 5.47 Å². The van der Waals surface area contributed by atoms with Gasteiger partial charge in [-0.3, -0.25) is 4.79 Å². The lowest BCUT2D eigenvalue weighted by Crippen LogP contribution is -2.41. The molecule has 1 heterocycles. The molecule has 2 N–H and O–H groups in total. The smallest absolute Gasteiger partial charge is 0.478 e.